The molecule has 0 saturated heterocycles. The molecule has 3 rings (SSSR count). The summed E-state index contributed by atoms with van der Waals surface area (Å²) in [5.41, 5.74) is 4.84. The number of aromatic nitrogens is 6. The van der Waals surface area contributed by atoms with Crippen LogP contribution in [0.5, 0.6) is 0 Å². The number of halogens is 3. The molecule has 0 saturated carbocycles. The molecular weight excluding hydrogens is 381 g/mol. The molecule has 3 aromatic heterocycles. The molecule has 10 heteroatoms. The van der Waals surface area contributed by atoms with E-state index in [1.54, 1.807) is 0 Å². The third kappa shape index (κ3) is 2.78. The van der Waals surface area contributed by atoms with Crippen LogP contribution in [0.3, 0.4) is 0 Å². The molecule has 25 heavy (non-hydrogen) atoms. The fourth-order valence-corrected chi connectivity index (χ4v) is 3.64. The van der Waals surface area contributed by atoms with Crippen LogP contribution in [0.4, 0.5) is 0 Å². The topological polar surface area (TPSA) is 53.5 Å². The summed E-state index contributed by atoms with van der Waals surface area (Å²) in [6, 6.07) is 0. The van der Waals surface area contributed by atoms with Gasteiger partial charge in [-0.25, -0.2) is 15.3 Å². The minimum absolute atomic E-state index is 0.637. The van der Waals surface area contributed by atoms with Gasteiger partial charge in [0.2, 0.25) is 0 Å². The predicted octanol–water partition coefficient (Wildman–Crippen LogP) is 3.75. The molecule has 0 fully saturated rings. The summed E-state index contributed by atoms with van der Waals surface area (Å²) < 4.78 is 5.63. The molecule has 0 N–H and O–H groups in total. The number of nitrogens with zero attached hydrogens (tertiary/aromatic N) is 6. The van der Waals surface area contributed by atoms with Gasteiger partial charge in [-0.05, 0) is 41.5 Å². The standard InChI is InChI=1S/C15H19BCl3N6/c1-7-13(17)10(4)23(20-7)16(24-11(5)14(18)8(2)21-24)25-12(6)15(19)9(3)22-25/h16H,1-6H3/q-1. The lowest BCUT2D eigenvalue weighted by Crippen LogP contribution is -2.45. The van der Waals surface area contributed by atoms with Crippen LogP contribution in [-0.2, 0) is 0 Å². The lowest BCUT2D eigenvalue weighted by molar-refractivity contribution is 0.730. The second-order valence-electron chi connectivity index (χ2n) is 6.38. The first kappa shape index (κ1) is 18.4. The van der Waals surface area contributed by atoms with Crippen LogP contribution in [-0.4, -0.2) is 36.2 Å². The minimum Gasteiger partial charge on any atom is -0.399 e. The molecule has 0 radical (unpaired) electrons. The summed E-state index contributed by atoms with van der Waals surface area (Å²) in [7, 11) is -1.57. The lowest BCUT2D eigenvalue weighted by atomic mass is 9.93. The average molecular weight is 401 g/mol. The van der Waals surface area contributed by atoms with Crippen LogP contribution < -0.4 is 0 Å². The molecule has 0 atom stereocenters. The highest BCUT2D eigenvalue weighted by atomic mass is 35.5. The van der Waals surface area contributed by atoms with Gasteiger partial charge in [-0.3, -0.25) is 0 Å². The third-order valence-electron chi connectivity index (χ3n) is 4.68. The van der Waals surface area contributed by atoms with Crippen LogP contribution in [0.15, 0.2) is 0 Å². The summed E-state index contributed by atoms with van der Waals surface area (Å²) >= 11 is 19.2. The number of hydrogen-bond acceptors (Lipinski definition) is 3. The SMILES string of the molecule is Cc1nn([BH-](n2nc(C)c(Cl)c2C)n2nc(C)c(Cl)c2C)c(C)c1Cl. The molecular formula is C15H19BCl3N6-. The minimum atomic E-state index is -1.57. The largest absolute Gasteiger partial charge is 0.399 e. The van der Waals surface area contributed by atoms with Crippen molar-refractivity contribution in [1.82, 2.24) is 29.1 Å². The first-order valence-corrected chi connectivity index (χ1v) is 9.09. The second kappa shape index (κ2) is 6.38. The van der Waals surface area contributed by atoms with Crippen molar-refractivity contribution in [2.24, 2.45) is 0 Å². The summed E-state index contributed by atoms with van der Waals surface area (Å²) in [4.78, 5) is 0. The molecule has 3 heterocycles. The van der Waals surface area contributed by atoms with Crippen molar-refractivity contribution < 1.29 is 0 Å². The normalized spacial score (nSPS) is 11.8. The Hall–Kier alpha value is -1.44. The maximum atomic E-state index is 6.39. The molecule has 134 valence electrons. The van der Waals surface area contributed by atoms with Gasteiger partial charge >= 0.3 is 7.12 Å². The van der Waals surface area contributed by atoms with E-state index in [4.69, 9.17) is 34.8 Å². The van der Waals surface area contributed by atoms with Crippen molar-refractivity contribution >= 4 is 41.9 Å². The Kier molecular flexibility index (Phi) is 4.68. The van der Waals surface area contributed by atoms with Gasteiger partial charge in [-0.2, -0.15) is 0 Å². The second-order valence-corrected chi connectivity index (χ2v) is 7.51. The van der Waals surface area contributed by atoms with Gasteiger partial charge in [0.15, 0.2) is 0 Å². The first-order chi connectivity index (χ1) is 11.6. The predicted molar refractivity (Wildman–Crippen MR) is 103 cm³/mol. The summed E-state index contributed by atoms with van der Waals surface area (Å²) in [6.07, 6.45) is 0. The zero-order chi connectivity index (χ0) is 18.6. The van der Waals surface area contributed by atoms with Crippen LogP contribution in [0.2, 0.25) is 15.1 Å². The summed E-state index contributed by atoms with van der Waals surface area (Å²) in [6.45, 7) is 11.4. The Bertz CT molecular complexity index is 847. The summed E-state index contributed by atoms with van der Waals surface area (Å²) in [5.74, 6) is 0. The first-order valence-electron chi connectivity index (χ1n) is 7.96. The van der Waals surface area contributed by atoms with E-state index < -0.39 is 7.12 Å². The fourth-order valence-electron chi connectivity index (χ4n) is 3.23. The molecule has 0 aromatic carbocycles. The highest BCUT2D eigenvalue weighted by Gasteiger charge is 2.24. The fraction of sp³-hybridized carbons (Fsp3) is 0.400. The van der Waals surface area contributed by atoms with Gasteiger partial charge in [-0.1, -0.05) is 34.8 Å². The van der Waals surface area contributed by atoms with E-state index in [1.807, 2.05) is 55.3 Å². The van der Waals surface area contributed by atoms with E-state index in [2.05, 4.69) is 15.3 Å². The maximum absolute atomic E-state index is 6.39. The number of aryl methyl sites for hydroxylation is 3. The highest BCUT2D eigenvalue weighted by molar-refractivity contribution is 6.54. The highest BCUT2D eigenvalue weighted by Crippen LogP contribution is 2.26. The van der Waals surface area contributed by atoms with Gasteiger partial charge in [-0.15, -0.1) is 0 Å². The molecule has 0 bridgehead atoms. The number of hydrogen-bond donors (Lipinski definition) is 0. The van der Waals surface area contributed by atoms with Crippen molar-refractivity contribution in [3.8, 4) is 0 Å². The van der Waals surface area contributed by atoms with Gasteiger partial charge < -0.3 is 13.8 Å². The lowest BCUT2D eigenvalue weighted by Gasteiger charge is -2.31. The molecule has 6 nitrogen and oxygen atoms in total. The van der Waals surface area contributed by atoms with Gasteiger partial charge in [0.05, 0.1) is 32.1 Å². The maximum Gasteiger partial charge on any atom is 0.326 e. The Balaban J connectivity index is 2.34. The third-order valence-corrected chi connectivity index (χ3v) is 6.32. The zero-order valence-electron chi connectivity index (χ0n) is 15.0. The van der Waals surface area contributed by atoms with Gasteiger partial charge in [0.1, 0.15) is 0 Å². The van der Waals surface area contributed by atoms with Crippen LogP contribution in [0.1, 0.15) is 34.2 Å². The molecule has 0 aliphatic heterocycles. The van der Waals surface area contributed by atoms with Crippen molar-refractivity contribution in [3.63, 3.8) is 0 Å². The van der Waals surface area contributed by atoms with Gasteiger partial charge in [0.25, 0.3) is 0 Å². The molecule has 0 spiro atoms. The van der Waals surface area contributed by atoms with Crippen LogP contribution in [0, 0.1) is 41.5 Å². The number of rotatable bonds is 3. The van der Waals surface area contributed by atoms with Crippen molar-refractivity contribution in [2.75, 3.05) is 0 Å². The Morgan fingerprint density at radius 3 is 0.960 bits per heavy atom. The van der Waals surface area contributed by atoms with Crippen LogP contribution in [0.25, 0.3) is 0 Å². The van der Waals surface area contributed by atoms with E-state index in [1.165, 1.54) is 0 Å². The van der Waals surface area contributed by atoms with Gasteiger partial charge in [0, 0.05) is 17.1 Å². The van der Waals surface area contributed by atoms with E-state index >= 15 is 0 Å². The van der Waals surface area contributed by atoms with Crippen molar-refractivity contribution in [3.05, 3.63) is 49.2 Å². The van der Waals surface area contributed by atoms with E-state index in [9.17, 15) is 0 Å². The zero-order valence-corrected chi connectivity index (χ0v) is 17.3. The monoisotopic (exact) mass is 399 g/mol. The smallest absolute Gasteiger partial charge is 0.326 e. The molecule has 3 aromatic rings. The van der Waals surface area contributed by atoms with Crippen LogP contribution >= 0.6 is 34.8 Å². The Morgan fingerprint density at radius 2 is 0.800 bits per heavy atom. The van der Waals surface area contributed by atoms with E-state index in [0.717, 1.165) is 34.2 Å². The molecule has 0 aliphatic carbocycles. The van der Waals surface area contributed by atoms with Crippen molar-refractivity contribution in [1.29, 1.82) is 0 Å². The van der Waals surface area contributed by atoms with Crippen molar-refractivity contribution in [2.45, 2.75) is 41.5 Å². The molecule has 0 aliphatic rings. The molecule has 0 unspecified atom stereocenters. The Labute approximate surface area is 161 Å². The Morgan fingerprint density at radius 1 is 0.560 bits per heavy atom. The summed E-state index contributed by atoms with van der Waals surface area (Å²) in [5, 5.41) is 15.8. The average Bonchev–Trinajstić information content (AvgIpc) is 3.08. The quantitative estimate of drug-likeness (QED) is 0.629. The van der Waals surface area contributed by atoms with E-state index in [0.29, 0.717) is 15.1 Å². The van der Waals surface area contributed by atoms with E-state index in [-0.39, 0.29) is 0 Å². The molecule has 0 amide bonds.